The summed E-state index contributed by atoms with van der Waals surface area (Å²) in [5, 5.41) is 3.13. The summed E-state index contributed by atoms with van der Waals surface area (Å²) >= 11 is 0. The molecule has 1 amide bonds. The predicted molar refractivity (Wildman–Crippen MR) is 81.9 cm³/mol. The number of hydrogen-bond donors (Lipinski definition) is 2. The number of amides is 1. The lowest BCUT2D eigenvalue weighted by atomic mass is 10.0. The van der Waals surface area contributed by atoms with E-state index >= 15 is 0 Å². The summed E-state index contributed by atoms with van der Waals surface area (Å²) in [6, 6.07) is 7.75. The van der Waals surface area contributed by atoms with Gasteiger partial charge in [-0.1, -0.05) is 32.9 Å². The van der Waals surface area contributed by atoms with E-state index in [-0.39, 0.29) is 11.9 Å². The SMILES string of the molecule is CCCNC(CCOc1cccc(C(C)C)c1)C(N)=O. The van der Waals surface area contributed by atoms with Gasteiger partial charge in [0, 0.05) is 6.42 Å². The summed E-state index contributed by atoms with van der Waals surface area (Å²) < 4.78 is 5.71. The standard InChI is InChI=1S/C16H26N2O2/c1-4-9-18-15(16(17)19)8-10-20-14-7-5-6-13(11-14)12(2)3/h5-7,11-12,15,18H,4,8-10H2,1-3H3,(H2,17,19). The van der Waals surface area contributed by atoms with E-state index in [0.29, 0.717) is 18.9 Å². The van der Waals surface area contributed by atoms with E-state index < -0.39 is 0 Å². The maximum atomic E-state index is 11.3. The van der Waals surface area contributed by atoms with Crippen LogP contribution in [0.25, 0.3) is 0 Å². The number of primary amides is 1. The zero-order valence-corrected chi connectivity index (χ0v) is 12.7. The van der Waals surface area contributed by atoms with Crippen LogP contribution < -0.4 is 15.8 Å². The second-order valence-electron chi connectivity index (χ2n) is 5.27. The van der Waals surface area contributed by atoms with E-state index in [1.165, 1.54) is 5.56 Å². The lowest BCUT2D eigenvalue weighted by Gasteiger charge is -2.15. The number of carbonyl (C=O) groups is 1. The summed E-state index contributed by atoms with van der Waals surface area (Å²) in [5.74, 6) is 0.996. The highest BCUT2D eigenvalue weighted by Crippen LogP contribution is 2.20. The number of nitrogens with one attached hydrogen (secondary N) is 1. The van der Waals surface area contributed by atoms with E-state index in [0.717, 1.165) is 18.7 Å². The molecule has 112 valence electrons. The van der Waals surface area contributed by atoms with Crippen LogP contribution in [0.2, 0.25) is 0 Å². The van der Waals surface area contributed by atoms with E-state index in [1.807, 2.05) is 18.2 Å². The van der Waals surface area contributed by atoms with Crippen molar-refractivity contribution in [1.82, 2.24) is 5.32 Å². The first kappa shape index (κ1) is 16.5. The molecule has 1 atom stereocenters. The molecule has 0 radical (unpaired) electrons. The molecule has 0 saturated heterocycles. The van der Waals surface area contributed by atoms with Gasteiger partial charge in [-0.2, -0.15) is 0 Å². The van der Waals surface area contributed by atoms with Gasteiger partial charge in [-0.25, -0.2) is 0 Å². The topological polar surface area (TPSA) is 64.3 Å². The summed E-state index contributed by atoms with van der Waals surface area (Å²) in [5.41, 5.74) is 6.61. The molecule has 4 nitrogen and oxygen atoms in total. The van der Waals surface area contributed by atoms with Gasteiger partial charge in [-0.3, -0.25) is 4.79 Å². The summed E-state index contributed by atoms with van der Waals surface area (Å²) in [6.45, 7) is 7.62. The minimum atomic E-state index is -0.321. The van der Waals surface area contributed by atoms with Crippen LogP contribution in [0.1, 0.15) is 45.1 Å². The Hall–Kier alpha value is -1.55. The van der Waals surface area contributed by atoms with Crippen molar-refractivity contribution >= 4 is 5.91 Å². The molecule has 1 aromatic rings. The summed E-state index contributed by atoms with van der Waals surface area (Å²) in [4.78, 5) is 11.3. The fraction of sp³-hybridized carbons (Fsp3) is 0.562. The van der Waals surface area contributed by atoms with Gasteiger partial charge < -0.3 is 15.8 Å². The Morgan fingerprint density at radius 2 is 2.15 bits per heavy atom. The van der Waals surface area contributed by atoms with Crippen molar-refractivity contribution in [3.05, 3.63) is 29.8 Å². The summed E-state index contributed by atoms with van der Waals surface area (Å²) in [7, 11) is 0. The van der Waals surface area contributed by atoms with Gasteiger partial charge in [-0.15, -0.1) is 0 Å². The Bertz CT molecular complexity index is 419. The molecule has 4 heteroatoms. The highest BCUT2D eigenvalue weighted by atomic mass is 16.5. The Labute approximate surface area is 121 Å². The Morgan fingerprint density at radius 3 is 2.75 bits per heavy atom. The lowest BCUT2D eigenvalue weighted by molar-refractivity contribution is -0.120. The number of nitrogens with two attached hydrogens (primary N) is 1. The highest BCUT2D eigenvalue weighted by molar-refractivity contribution is 5.79. The first-order valence-electron chi connectivity index (χ1n) is 7.30. The molecule has 0 aliphatic heterocycles. The quantitative estimate of drug-likeness (QED) is 0.729. The van der Waals surface area contributed by atoms with Gasteiger partial charge in [0.15, 0.2) is 0 Å². The fourth-order valence-corrected chi connectivity index (χ4v) is 1.92. The third-order valence-corrected chi connectivity index (χ3v) is 3.18. The largest absolute Gasteiger partial charge is 0.494 e. The molecule has 1 rings (SSSR count). The number of hydrogen-bond acceptors (Lipinski definition) is 3. The van der Waals surface area contributed by atoms with Crippen LogP contribution in [0.3, 0.4) is 0 Å². The van der Waals surface area contributed by atoms with Crippen LogP contribution in [-0.2, 0) is 4.79 Å². The van der Waals surface area contributed by atoms with Crippen molar-refractivity contribution in [2.24, 2.45) is 5.73 Å². The Morgan fingerprint density at radius 1 is 1.40 bits per heavy atom. The average molecular weight is 278 g/mol. The monoisotopic (exact) mass is 278 g/mol. The predicted octanol–water partition coefficient (Wildman–Crippen LogP) is 2.43. The molecule has 1 unspecified atom stereocenters. The molecule has 0 aliphatic carbocycles. The van der Waals surface area contributed by atoms with Gasteiger partial charge in [0.05, 0.1) is 12.6 Å². The van der Waals surface area contributed by atoms with Gasteiger partial charge in [0.25, 0.3) is 0 Å². The van der Waals surface area contributed by atoms with Gasteiger partial charge in [-0.05, 0) is 36.6 Å². The van der Waals surface area contributed by atoms with Crippen molar-refractivity contribution < 1.29 is 9.53 Å². The first-order chi connectivity index (χ1) is 9.54. The van der Waals surface area contributed by atoms with Crippen LogP contribution in [0.4, 0.5) is 0 Å². The zero-order valence-electron chi connectivity index (χ0n) is 12.7. The molecule has 20 heavy (non-hydrogen) atoms. The van der Waals surface area contributed by atoms with Crippen LogP contribution in [-0.4, -0.2) is 25.1 Å². The maximum Gasteiger partial charge on any atom is 0.234 e. The van der Waals surface area contributed by atoms with Gasteiger partial charge in [0.1, 0.15) is 5.75 Å². The molecular weight excluding hydrogens is 252 g/mol. The van der Waals surface area contributed by atoms with Crippen LogP contribution in [0, 0.1) is 0 Å². The van der Waals surface area contributed by atoms with Gasteiger partial charge >= 0.3 is 0 Å². The minimum Gasteiger partial charge on any atom is -0.494 e. The second-order valence-corrected chi connectivity index (χ2v) is 5.27. The summed E-state index contributed by atoms with van der Waals surface area (Å²) in [6.07, 6.45) is 1.56. The number of rotatable bonds is 9. The number of benzene rings is 1. The molecule has 0 spiro atoms. The van der Waals surface area contributed by atoms with Crippen molar-refractivity contribution in [1.29, 1.82) is 0 Å². The van der Waals surface area contributed by atoms with E-state index in [1.54, 1.807) is 0 Å². The molecular formula is C16H26N2O2. The third kappa shape index (κ3) is 5.61. The van der Waals surface area contributed by atoms with Crippen molar-refractivity contribution in [3.63, 3.8) is 0 Å². The Kier molecular flexibility index (Phi) is 7.09. The molecule has 0 heterocycles. The first-order valence-corrected chi connectivity index (χ1v) is 7.30. The van der Waals surface area contributed by atoms with Crippen molar-refractivity contribution in [2.75, 3.05) is 13.2 Å². The van der Waals surface area contributed by atoms with E-state index in [2.05, 4.69) is 32.2 Å². The number of ether oxygens (including phenoxy) is 1. The smallest absolute Gasteiger partial charge is 0.234 e. The zero-order chi connectivity index (χ0) is 15.0. The molecule has 1 aromatic carbocycles. The lowest BCUT2D eigenvalue weighted by Crippen LogP contribution is -2.42. The number of carbonyl (C=O) groups excluding carboxylic acids is 1. The highest BCUT2D eigenvalue weighted by Gasteiger charge is 2.13. The normalized spacial score (nSPS) is 12.4. The van der Waals surface area contributed by atoms with E-state index in [9.17, 15) is 4.79 Å². The molecule has 3 N–H and O–H groups in total. The van der Waals surface area contributed by atoms with Crippen molar-refractivity contribution in [2.45, 2.75) is 45.6 Å². The van der Waals surface area contributed by atoms with Gasteiger partial charge in [0.2, 0.25) is 5.91 Å². The van der Waals surface area contributed by atoms with Crippen LogP contribution in [0.5, 0.6) is 5.75 Å². The third-order valence-electron chi connectivity index (χ3n) is 3.18. The van der Waals surface area contributed by atoms with Crippen LogP contribution >= 0.6 is 0 Å². The Balaban J connectivity index is 2.46. The molecule has 0 bridgehead atoms. The molecule has 0 aromatic heterocycles. The fourth-order valence-electron chi connectivity index (χ4n) is 1.92. The second kappa shape index (κ2) is 8.59. The molecule has 0 saturated carbocycles. The molecule has 0 aliphatic rings. The van der Waals surface area contributed by atoms with E-state index in [4.69, 9.17) is 10.5 Å². The molecule has 0 fully saturated rings. The maximum absolute atomic E-state index is 11.3. The van der Waals surface area contributed by atoms with Crippen molar-refractivity contribution in [3.8, 4) is 5.75 Å². The average Bonchev–Trinajstić information content (AvgIpc) is 2.42. The minimum absolute atomic E-state index is 0.316. The van der Waals surface area contributed by atoms with Crippen LogP contribution in [0.15, 0.2) is 24.3 Å².